The van der Waals surface area contributed by atoms with E-state index in [1.165, 1.54) is 18.2 Å². The van der Waals surface area contributed by atoms with E-state index >= 15 is 0 Å². The van der Waals surface area contributed by atoms with Gasteiger partial charge in [-0.15, -0.1) is 12.4 Å². The highest BCUT2D eigenvalue weighted by atomic mass is 79.9. The van der Waals surface area contributed by atoms with Crippen molar-refractivity contribution in [1.29, 1.82) is 0 Å². The van der Waals surface area contributed by atoms with Crippen molar-refractivity contribution in [2.24, 2.45) is 0 Å². The number of halogens is 4. The fourth-order valence-electron chi connectivity index (χ4n) is 2.02. The van der Waals surface area contributed by atoms with Crippen molar-refractivity contribution >= 4 is 34.0 Å². The minimum Gasteiger partial charge on any atom is -0.491 e. The third kappa shape index (κ3) is 5.05. The molecule has 1 N–H and O–H groups in total. The van der Waals surface area contributed by atoms with Crippen LogP contribution in [-0.4, -0.2) is 30.0 Å². The summed E-state index contributed by atoms with van der Waals surface area (Å²) in [5.41, 5.74) is -0.0634. The van der Waals surface area contributed by atoms with Gasteiger partial charge in [0.05, 0.1) is 9.40 Å². The van der Waals surface area contributed by atoms with Crippen molar-refractivity contribution in [3.05, 3.63) is 32.8 Å². The van der Waals surface area contributed by atoms with Gasteiger partial charge < -0.3 is 10.1 Å². The van der Waals surface area contributed by atoms with E-state index in [9.17, 15) is 18.9 Å². The molecule has 0 saturated carbocycles. The average molecular weight is 388 g/mol. The second-order valence-electron chi connectivity index (χ2n) is 4.64. The molecule has 1 aromatic rings. The van der Waals surface area contributed by atoms with Gasteiger partial charge in [0.2, 0.25) is 0 Å². The lowest BCUT2D eigenvalue weighted by Gasteiger charge is -2.30. The highest BCUT2D eigenvalue weighted by molar-refractivity contribution is 9.10. The first-order valence-electron chi connectivity index (χ1n) is 6.05. The van der Waals surface area contributed by atoms with Crippen molar-refractivity contribution < 1.29 is 18.4 Å². The minimum atomic E-state index is -2.66. The van der Waals surface area contributed by atoms with E-state index in [1.807, 2.05) is 0 Å². The van der Waals surface area contributed by atoms with Crippen molar-refractivity contribution in [2.45, 2.75) is 24.8 Å². The predicted octanol–water partition coefficient (Wildman–Crippen LogP) is 3.55. The molecule has 0 aliphatic carbocycles. The summed E-state index contributed by atoms with van der Waals surface area (Å²) in [6.07, 6.45) is -0.428. The third-order valence-electron chi connectivity index (χ3n) is 3.04. The maximum atomic E-state index is 13.2. The van der Waals surface area contributed by atoms with Crippen LogP contribution in [0.4, 0.5) is 14.5 Å². The number of alkyl halides is 2. The molecule has 1 aliphatic heterocycles. The summed E-state index contributed by atoms with van der Waals surface area (Å²) in [6.45, 7) is 0.342. The number of rotatable bonds is 4. The molecule has 1 aliphatic rings. The van der Waals surface area contributed by atoms with Gasteiger partial charge in [0, 0.05) is 37.6 Å². The predicted molar refractivity (Wildman–Crippen MR) is 79.5 cm³/mol. The van der Waals surface area contributed by atoms with Gasteiger partial charge in [-0.3, -0.25) is 10.1 Å². The van der Waals surface area contributed by atoms with Crippen LogP contribution in [0.25, 0.3) is 0 Å². The first-order valence-corrected chi connectivity index (χ1v) is 6.85. The summed E-state index contributed by atoms with van der Waals surface area (Å²) in [5, 5.41) is 13.6. The number of benzene rings is 1. The molecule has 1 saturated heterocycles. The molecule has 0 radical (unpaired) electrons. The number of hydrogen-bond acceptors (Lipinski definition) is 4. The normalized spacial score (nSPS) is 20.4. The largest absolute Gasteiger partial charge is 0.491 e. The van der Waals surface area contributed by atoms with E-state index < -0.39 is 16.9 Å². The summed E-state index contributed by atoms with van der Waals surface area (Å²) >= 11 is 3.16. The first kappa shape index (κ1) is 18.1. The fourth-order valence-corrected chi connectivity index (χ4v) is 2.50. The zero-order valence-electron chi connectivity index (χ0n) is 10.9. The quantitative estimate of drug-likeness (QED) is 0.634. The lowest BCUT2D eigenvalue weighted by Crippen LogP contribution is -2.46. The Morgan fingerprint density at radius 2 is 2.24 bits per heavy atom. The maximum absolute atomic E-state index is 13.2. The van der Waals surface area contributed by atoms with E-state index in [1.54, 1.807) is 0 Å². The number of hydrogen-bond donors (Lipinski definition) is 1. The van der Waals surface area contributed by atoms with Crippen molar-refractivity contribution in [2.75, 3.05) is 13.2 Å². The van der Waals surface area contributed by atoms with Gasteiger partial charge in [-0.1, -0.05) is 0 Å². The second kappa shape index (κ2) is 7.33. The molecule has 2 rings (SSSR count). The Labute approximate surface area is 134 Å². The van der Waals surface area contributed by atoms with Gasteiger partial charge in [0.25, 0.3) is 11.6 Å². The zero-order chi connectivity index (χ0) is 14.8. The van der Waals surface area contributed by atoms with Crippen LogP contribution in [0.15, 0.2) is 22.7 Å². The second-order valence-corrected chi connectivity index (χ2v) is 5.50. The van der Waals surface area contributed by atoms with Crippen LogP contribution in [0.3, 0.4) is 0 Å². The zero-order valence-corrected chi connectivity index (χ0v) is 13.3. The molecule has 9 heteroatoms. The van der Waals surface area contributed by atoms with Crippen LogP contribution in [0.2, 0.25) is 0 Å². The molecule has 1 aromatic carbocycles. The Morgan fingerprint density at radius 1 is 1.52 bits per heavy atom. The van der Waals surface area contributed by atoms with E-state index in [0.717, 1.165) is 0 Å². The molecule has 21 heavy (non-hydrogen) atoms. The molecule has 1 unspecified atom stereocenters. The molecular formula is C12H14BrClF2N2O3. The Hall–Kier alpha value is -0.990. The van der Waals surface area contributed by atoms with Gasteiger partial charge in [-0.2, -0.15) is 0 Å². The van der Waals surface area contributed by atoms with Gasteiger partial charge in [-0.05, 0) is 22.0 Å². The standard InChI is InChI=1S/C12H13BrF2N2O3.ClH/c13-10-5-9(17(18)19)1-2-11(10)20-7-8-6-12(14,15)3-4-16-8;/h1-2,5,8,16H,3-4,6-7H2;1H. The Morgan fingerprint density at radius 3 is 2.81 bits per heavy atom. The third-order valence-corrected chi connectivity index (χ3v) is 3.65. The van der Waals surface area contributed by atoms with Crippen molar-refractivity contribution in [3.8, 4) is 5.75 Å². The Kier molecular flexibility index (Phi) is 6.30. The van der Waals surface area contributed by atoms with Crippen molar-refractivity contribution in [3.63, 3.8) is 0 Å². The molecular weight excluding hydrogens is 373 g/mol. The van der Waals surface area contributed by atoms with Crippen LogP contribution in [0, 0.1) is 10.1 Å². The lowest BCUT2D eigenvalue weighted by molar-refractivity contribution is -0.385. The van der Waals surface area contributed by atoms with Crippen molar-refractivity contribution in [1.82, 2.24) is 5.32 Å². The van der Waals surface area contributed by atoms with E-state index in [-0.39, 0.29) is 44.1 Å². The van der Waals surface area contributed by atoms with Crippen LogP contribution >= 0.6 is 28.3 Å². The SMILES string of the molecule is Cl.O=[N+]([O-])c1ccc(OCC2CC(F)(F)CCN2)c(Br)c1. The van der Waals surface area contributed by atoms with Gasteiger partial charge >= 0.3 is 0 Å². The van der Waals surface area contributed by atoms with E-state index in [2.05, 4.69) is 21.2 Å². The average Bonchev–Trinajstić information content (AvgIpc) is 2.36. The summed E-state index contributed by atoms with van der Waals surface area (Å²) in [4.78, 5) is 10.1. The van der Waals surface area contributed by atoms with Gasteiger partial charge in [-0.25, -0.2) is 8.78 Å². The number of ether oxygens (including phenoxy) is 1. The highest BCUT2D eigenvalue weighted by Crippen LogP contribution is 2.31. The summed E-state index contributed by atoms with van der Waals surface area (Å²) in [6, 6.07) is 3.64. The van der Waals surface area contributed by atoms with Gasteiger partial charge in [0.1, 0.15) is 12.4 Å². The van der Waals surface area contributed by atoms with E-state index in [4.69, 9.17) is 4.74 Å². The number of piperidine rings is 1. The van der Waals surface area contributed by atoms with Crippen LogP contribution in [0.1, 0.15) is 12.8 Å². The highest BCUT2D eigenvalue weighted by Gasteiger charge is 2.36. The molecule has 5 nitrogen and oxygen atoms in total. The molecule has 118 valence electrons. The molecule has 1 heterocycles. The van der Waals surface area contributed by atoms with Crippen LogP contribution < -0.4 is 10.1 Å². The van der Waals surface area contributed by atoms with E-state index in [0.29, 0.717) is 10.2 Å². The number of non-ortho nitro benzene ring substituents is 1. The summed E-state index contributed by atoms with van der Waals surface area (Å²) in [7, 11) is 0. The maximum Gasteiger partial charge on any atom is 0.270 e. The van der Waals surface area contributed by atoms with Crippen LogP contribution in [0.5, 0.6) is 5.75 Å². The first-order chi connectivity index (χ1) is 9.37. The number of nitrogens with one attached hydrogen (secondary N) is 1. The fraction of sp³-hybridized carbons (Fsp3) is 0.500. The molecule has 0 bridgehead atoms. The summed E-state index contributed by atoms with van der Waals surface area (Å²) in [5.74, 6) is -2.27. The lowest BCUT2D eigenvalue weighted by atomic mass is 10.0. The number of nitrogens with zero attached hydrogens (tertiary/aromatic N) is 1. The summed E-state index contributed by atoms with van der Waals surface area (Å²) < 4.78 is 32.3. The Bertz CT molecular complexity index is 519. The number of nitro groups is 1. The minimum absolute atomic E-state index is 0. The molecule has 0 spiro atoms. The molecule has 1 atom stereocenters. The molecule has 1 fully saturated rings. The topological polar surface area (TPSA) is 64.4 Å². The molecule has 0 amide bonds. The molecule has 0 aromatic heterocycles. The number of nitro benzene ring substituents is 1. The Balaban J connectivity index is 0.00000220. The van der Waals surface area contributed by atoms with Crippen LogP contribution in [-0.2, 0) is 0 Å². The smallest absolute Gasteiger partial charge is 0.270 e. The van der Waals surface area contributed by atoms with Gasteiger partial charge in [0.15, 0.2) is 0 Å². The monoisotopic (exact) mass is 386 g/mol.